The predicted molar refractivity (Wildman–Crippen MR) is 83.8 cm³/mol. The summed E-state index contributed by atoms with van der Waals surface area (Å²) in [5, 5.41) is 8.88. The van der Waals surface area contributed by atoms with Crippen molar-refractivity contribution < 1.29 is 9.90 Å². The van der Waals surface area contributed by atoms with E-state index in [1.165, 1.54) is 16.9 Å². The number of hydrogen-bond donors (Lipinski definition) is 1. The first-order valence-electron chi connectivity index (χ1n) is 6.32. The van der Waals surface area contributed by atoms with E-state index in [1.807, 2.05) is 43.3 Å². The molecule has 1 aromatic carbocycles. The lowest BCUT2D eigenvalue weighted by molar-refractivity contribution is -0.136. The maximum atomic E-state index is 10.8. The SMILES string of the molecule is Cc1ccc(N(CCC(=O)O)Cc2ccc(Cl)s2)cc1. The third-order valence-electron chi connectivity index (χ3n) is 2.97. The van der Waals surface area contributed by atoms with Crippen LogP contribution < -0.4 is 4.90 Å². The van der Waals surface area contributed by atoms with Crippen LogP contribution in [0.2, 0.25) is 4.34 Å². The molecule has 0 spiro atoms. The molecule has 0 fully saturated rings. The number of carboxylic acid groups (broad SMARTS) is 1. The zero-order valence-electron chi connectivity index (χ0n) is 11.2. The van der Waals surface area contributed by atoms with Crippen molar-refractivity contribution in [3.63, 3.8) is 0 Å². The zero-order valence-corrected chi connectivity index (χ0v) is 12.7. The standard InChI is InChI=1S/C15H16ClNO2S/c1-11-2-4-12(5-3-11)17(9-8-15(18)19)10-13-6-7-14(16)20-13/h2-7H,8-10H2,1H3,(H,18,19). The third-order valence-corrected chi connectivity index (χ3v) is 4.19. The van der Waals surface area contributed by atoms with Gasteiger partial charge in [0, 0.05) is 17.1 Å². The molecule has 2 aromatic rings. The van der Waals surface area contributed by atoms with Crippen molar-refractivity contribution in [2.45, 2.75) is 19.9 Å². The van der Waals surface area contributed by atoms with Crippen molar-refractivity contribution in [1.82, 2.24) is 0 Å². The maximum absolute atomic E-state index is 10.8. The van der Waals surface area contributed by atoms with Crippen molar-refractivity contribution in [3.05, 3.63) is 51.2 Å². The Morgan fingerprint density at radius 2 is 1.95 bits per heavy atom. The van der Waals surface area contributed by atoms with Gasteiger partial charge in [0.25, 0.3) is 0 Å². The minimum atomic E-state index is -0.786. The summed E-state index contributed by atoms with van der Waals surface area (Å²) >= 11 is 7.47. The van der Waals surface area contributed by atoms with Gasteiger partial charge in [-0.15, -0.1) is 11.3 Å². The van der Waals surface area contributed by atoms with Gasteiger partial charge in [0.1, 0.15) is 0 Å². The van der Waals surface area contributed by atoms with Crippen LogP contribution in [0.25, 0.3) is 0 Å². The molecule has 0 atom stereocenters. The van der Waals surface area contributed by atoms with Crippen molar-refractivity contribution in [2.24, 2.45) is 0 Å². The van der Waals surface area contributed by atoms with Crippen LogP contribution in [-0.4, -0.2) is 17.6 Å². The molecule has 0 aliphatic heterocycles. The number of aliphatic carboxylic acids is 1. The summed E-state index contributed by atoms with van der Waals surface area (Å²) in [6.07, 6.45) is 0.118. The number of carbonyl (C=O) groups is 1. The Hall–Kier alpha value is -1.52. The van der Waals surface area contributed by atoms with Gasteiger partial charge in [0.05, 0.1) is 17.3 Å². The van der Waals surface area contributed by atoms with Gasteiger partial charge in [0.2, 0.25) is 0 Å². The molecule has 1 N–H and O–H groups in total. The molecule has 1 aromatic heterocycles. The highest BCUT2D eigenvalue weighted by atomic mass is 35.5. The molecule has 0 amide bonds. The van der Waals surface area contributed by atoms with Gasteiger partial charge in [-0.2, -0.15) is 0 Å². The lowest BCUT2D eigenvalue weighted by Gasteiger charge is -2.23. The molecule has 1 heterocycles. The molecule has 0 bridgehead atoms. The van der Waals surface area contributed by atoms with Gasteiger partial charge in [-0.25, -0.2) is 0 Å². The highest BCUT2D eigenvalue weighted by Gasteiger charge is 2.11. The quantitative estimate of drug-likeness (QED) is 0.869. The van der Waals surface area contributed by atoms with Crippen molar-refractivity contribution in [3.8, 4) is 0 Å². The van der Waals surface area contributed by atoms with E-state index in [2.05, 4.69) is 4.90 Å². The highest BCUT2D eigenvalue weighted by Crippen LogP contribution is 2.25. The van der Waals surface area contributed by atoms with Crippen molar-refractivity contribution in [1.29, 1.82) is 0 Å². The Balaban J connectivity index is 2.15. The van der Waals surface area contributed by atoms with Gasteiger partial charge in [0.15, 0.2) is 0 Å². The number of hydrogen-bond acceptors (Lipinski definition) is 3. The molecule has 20 heavy (non-hydrogen) atoms. The molecule has 5 heteroatoms. The highest BCUT2D eigenvalue weighted by molar-refractivity contribution is 7.16. The first-order chi connectivity index (χ1) is 9.54. The Labute approximate surface area is 127 Å². The average molecular weight is 310 g/mol. The van der Waals surface area contributed by atoms with Gasteiger partial charge in [-0.1, -0.05) is 29.3 Å². The number of aryl methyl sites for hydroxylation is 1. The molecular weight excluding hydrogens is 294 g/mol. The number of rotatable bonds is 6. The van der Waals surface area contributed by atoms with Gasteiger partial charge < -0.3 is 10.0 Å². The van der Waals surface area contributed by atoms with Crippen LogP contribution in [0.5, 0.6) is 0 Å². The van der Waals surface area contributed by atoms with Crippen molar-refractivity contribution >= 4 is 34.6 Å². The van der Waals surface area contributed by atoms with E-state index in [4.69, 9.17) is 16.7 Å². The largest absolute Gasteiger partial charge is 0.481 e. The maximum Gasteiger partial charge on any atom is 0.305 e. The molecule has 0 unspecified atom stereocenters. The molecular formula is C15H16ClNO2S. The fourth-order valence-corrected chi connectivity index (χ4v) is 3.01. The normalized spacial score (nSPS) is 10.5. The second kappa shape index (κ2) is 6.77. The van der Waals surface area contributed by atoms with E-state index < -0.39 is 5.97 Å². The Morgan fingerprint density at radius 1 is 1.25 bits per heavy atom. The second-order valence-corrected chi connectivity index (χ2v) is 6.41. The number of carboxylic acids is 1. The molecule has 0 saturated carbocycles. The van der Waals surface area contributed by atoms with Gasteiger partial charge in [-0.3, -0.25) is 4.79 Å². The lowest BCUT2D eigenvalue weighted by Crippen LogP contribution is -2.25. The fourth-order valence-electron chi connectivity index (χ4n) is 1.91. The van der Waals surface area contributed by atoms with Gasteiger partial charge >= 0.3 is 5.97 Å². The predicted octanol–water partition coefficient (Wildman–Crippen LogP) is 4.19. The summed E-state index contributed by atoms with van der Waals surface area (Å²) < 4.78 is 0.752. The van der Waals surface area contributed by atoms with Crippen LogP contribution in [0.4, 0.5) is 5.69 Å². The van der Waals surface area contributed by atoms with Crippen LogP contribution in [0.3, 0.4) is 0 Å². The Morgan fingerprint density at radius 3 is 2.50 bits per heavy atom. The molecule has 3 nitrogen and oxygen atoms in total. The molecule has 0 radical (unpaired) electrons. The van der Waals surface area contributed by atoms with Crippen LogP contribution in [0, 0.1) is 6.92 Å². The van der Waals surface area contributed by atoms with Crippen LogP contribution >= 0.6 is 22.9 Å². The molecule has 106 valence electrons. The van der Waals surface area contributed by atoms with E-state index in [1.54, 1.807) is 0 Å². The third kappa shape index (κ3) is 4.25. The van der Waals surface area contributed by atoms with Gasteiger partial charge in [-0.05, 0) is 31.2 Å². The summed E-state index contributed by atoms with van der Waals surface area (Å²) in [6.45, 7) is 3.19. The average Bonchev–Trinajstić information content (AvgIpc) is 2.81. The van der Waals surface area contributed by atoms with Crippen LogP contribution in [-0.2, 0) is 11.3 Å². The number of halogens is 1. The van der Waals surface area contributed by atoms with E-state index in [-0.39, 0.29) is 6.42 Å². The fraction of sp³-hybridized carbons (Fsp3) is 0.267. The van der Waals surface area contributed by atoms with E-state index in [9.17, 15) is 4.79 Å². The molecule has 0 saturated heterocycles. The summed E-state index contributed by atoms with van der Waals surface area (Å²) in [7, 11) is 0. The van der Waals surface area contributed by atoms with E-state index in [0.717, 1.165) is 14.9 Å². The summed E-state index contributed by atoms with van der Waals surface area (Å²) in [6, 6.07) is 12.0. The minimum absolute atomic E-state index is 0.118. The van der Waals surface area contributed by atoms with Crippen LogP contribution in [0.15, 0.2) is 36.4 Å². The molecule has 0 aliphatic carbocycles. The second-order valence-electron chi connectivity index (χ2n) is 4.61. The van der Waals surface area contributed by atoms with E-state index in [0.29, 0.717) is 13.1 Å². The van der Waals surface area contributed by atoms with Crippen molar-refractivity contribution in [2.75, 3.05) is 11.4 Å². The summed E-state index contributed by atoms with van der Waals surface area (Å²) in [4.78, 5) is 14.0. The summed E-state index contributed by atoms with van der Waals surface area (Å²) in [5.74, 6) is -0.786. The Bertz CT molecular complexity index is 580. The first-order valence-corrected chi connectivity index (χ1v) is 7.51. The number of benzene rings is 1. The zero-order chi connectivity index (χ0) is 14.5. The summed E-state index contributed by atoms with van der Waals surface area (Å²) in [5.41, 5.74) is 2.22. The Kier molecular flexibility index (Phi) is 5.04. The number of nitrogens with zero attached hydrogens (tertiary/aromatic N) is 1. The topological polar surface area (TPSA) is 40.5 Å². The monoisotopic (exact) mass is 309 g/mol. The lowest BCUT2D eigenvalue weighted by atomic mass is 10.2. The smallest absolute Gasteiger partial charge is 0.305 e. The first kappa shape index (κ1) is 14.9. The number of thiophene rings is 1. The molecule has 0 aliphatic rings. The van der Waals surface area contributed by atoms with Crippen LogP contribution in [0.1, 0.15) is 16.9 Å². The minimum Gasteiger partial charge on any atom is -0.481 e. The number of anilines is 1. The van der Waals surface area contributed by atoms with E-state index >= 15 is 0 Å². The molecule has 2 rings (SSSR count).